The molecular weight excluding hydrogens is 202 g/mol. The second-order valence-corrected chi connectivity index (χ2v) is 4.51. The average molecular weight is 223 g/mol. The Morgan fingerprint density at radius 3 is 2.56 bits per heavy atom. The molecule has 0 unspecified atom stereocenters. The number of anilines is 1. The minimum absolute atomic E-state index is 0.218. The summed E-state index contributed by atoms with van der Waals surface area (Å²) < 4.78 is 5.79. The Labute approximate surface area is 97.2 Å². The molecule has 0 aliphatic rings. The third-order valence-electron chi connectivity index (χ3n) is 2.47. The average Bonchev–Trinajstić information content (AvgIpc) is 2.16. The van der Waals surface area contributed by atoms with E-state index >= 15 is 0 Å². The van der Waals surface area contributed by atoms with Crippen LogP contribution in [0, 0.1) is 0 Å². The molecule has 1 aromatic rings. The van der Waals surface area contributed by atoms with Crippen LogP contribution in [0.3, 0.4) is 0 Å². The van der Waals surface area contributed by atoms with Gasteiger partial charge in [0.05, 0.1) is 0 Å². The molecule has 4 heteroatoms. The first-order valence-corrected chi connectivity index (χ1v) is 5.79. The Balaban J connectivity index is 2.87. The first-order chi connectivity index (χ1) is 7.46. The molecule has 1 aromatic heterocycles. The molecule has 90 valence electrons. The zero-order chi connectivity index (χ0) is 12.2. The van der Waals surface area contributed by atoms with Gasteiger partial charge in [0, 0.05) is 12.5 Å². The van der Waals surface area contributed by atoms with Crippen LogP contribution in [0.15, 0.2) is 6.07 Å². The third kappa shape index (κ3) is 3.68. The molecule has 4 nitrogen and oxygen atoms in total. The Kier molecular flexibility index (Phi) is 4.10. The molecule has 0 fully saturated rings. The number of nitrogens with two attached hydrogens (primary N) is 1. The summed E-state index contributed by atoms with van der Waals surface area (Å²) >= 11 is 0. The van der Waals surface area contributed by atoms with Crippen LogP contribution in [0.25, 0.3) is 0 Å². The van der Waals surface area contributed by atoms with Crippen molar-refractivity contribution in [2.24, 2.45) is 0 Å². The molecule has 16 heavy (non-hydrogen) atoms. The molecule has 0 atom stereocenters. The van der Waals surface area contributed by atoms with Crippen LogP contribution < -0.4 is 10.5 Å². The summed E-state index contributed by atoms with van der Waals surface area (Å²) in [7, 11) is 0. The minimum Gasteiger partial charge on any atom is -0.472 e. The van der Waals surface area contributed by atoms with Crippen molar-refractivity contribution in [3.63, 3.8) is 0 Å². The molecule has 0 aromatic carbocycles. The van der Waals surface area contributed by atoms with Gasteiger partial charge in [0.25, 0.3) is 0 Å². The highest BCUT2D eigenvalue weighted by molar-refractivity contribution is 5.33. The SMILES string of the molecule is CCCc1nc(N)cc(OC(C)(C)CC)n1. The number of rotatable bonds is 5. The van der Waals surface area contributed by atoms with E-state index in [9.17, 15) is 0 Å². The summed E-state index contributed by atoms with van der Waals surface area (Å²) in [4.78, 5) is 8.51. The Hall–Kier alpha value is -1.32. The first-order valence-electron chi connectivity index (χ1n) is 5.79. The Bertz CT molecular complexity index is 350. The van der Waals surface area contributed by atoms with Gasteiger partial charge >= 0.3 is 0 Å². The summed E-state index contributed by atoms with van der Waals surface area (Å²) in [5.41, 5.74) is 5.50. The normalized spacial score (nSPS) is 11.5. The van der Waals surface area contributed by atoms with Gasteiger partial charge in [0.15, 0.2) is 0 Å². The van der Waals surface area contributed by atoms with E-state index in [1.807, 2.05) is 13.8 Å². The van der Waals surface area contributed by atoms with Gasteiger partial charge in [0.2, 0.25) is 5.88 Å². The van der Waals surface area contributed by atoms with Gasteiger partial charge in [-0.25, -0.2) is 4.98 Å². The maximum atomic E-state index is 5.79. The third-order valence-corrected chi connectivity index (χ3v) is 2.47. The van der Waals surface area contributed by atoms with Crippen LogP contribution >= 0.6 is 0 Å². The van der Waals surface area contributed by atoms with Crippen molar-refractivity contribution in [1.82, 2.24) is 9.97 Å². The summed E-state index contributed by atoms with van der Waals surface area (Å²) in [5.74, 6) is 1.80. The maximum absolute atomic E-state index is 5.79. The lowest BCUT2D eigenvalue weighted by Gasteiger charge is -2.24. The number of ether oxygens (including phenoxy) is 1. The number of aromatic nitrogens is 2. The van der Waals surface area contributed by atoms with Gasteiger partial charge in [-0.2, -0.15) is 4.98 Å². The highest BCUT2D eigenvalue weighted by atomic mass is 16.5. The second-order valence-electron chi connectivity index (χ2n) is 4.51. The topological polar surface area (TPSA) is 61.0 Å². The predicted octanol–water partition coefficient (Wildman–Crippen LogP) is 2.58. The summed E-state index contributed by atoms with van der Waals surface area (Å²) in [6.07, 6.45) is 2.74. The summed E-state index contributed by atoms with van der Waals surface area (Å²) in [6.45, 7) is 8.23. The van der Waals surface area contributed by atoms with E-state index in [-0.39, 0.29) is 5.60 Å². The van der Waals surface area contributed by atoms with E-state index in [0.717, 1.165) is 25.1 Å². The minimum atomic E-state index is -0.218. The quantitative estimate of drug-likeness (QED) is 0.833. The van der Waals surface area contributed by atoms with Gasteiger partial charge in [-0.05, 0) is 26.7 Å². The van der Waals surface area contributed by atoms with Crippen LogP contribution in [0.2, 0.25) is 0 Å². The van der Waals surface area contributed by atoms with Crippen molar-refractivity contribution < 1.29 is 4.74 Å². The van der Waals surface area contributed by atoms with Gasteiger partial charge in [-0.1, -0.05) is 13.8 Å². The number of aryl methyl sites for hydroxylation is 1. The van der Waals surface area contributed by atoms with Crippen molar-refractivity contribution in [3.05, 3.63) is 11.9 Å². The number of hydrogen-bond acceptors (Lipinski definition) is 4. The van der Waals surface area contributed by atoms with Crippen LogP contribution in [-0.2, 0) is 6.42 Å². The number of nitrogens with zero attached hydrogens (tertiary/aromatic N) is 2. The fraction of sp³-hybridized carbons (Fsp3) is 0.667. The van der Waals surface area contributed by atoms with Crippen molar-refractivity contribution in [2.75, 3.05) is 5.73 Å². The summed E-state index contributed by atoms with van der Waals surface area (Å²) in [5, 5.41) is 0. The molecule has 0 saturated heterocycles. The molecule has 0 radical (unpaired) electrons. The standard InChI is InChI=1S/C12H21N3O/c1-5-7-10-14-9(13)8-11(15-10)16-12(3,4)6-2/h8H,5-7H2,1-4H3,(H2,13,14,15). The van der Waals surface area contributed by atoms with Crippen molar-refractivity contribution in [3.8, 4) is 5.88 Å². The molecule has 0 aliphatic carbocycles. The lowest BCUT2D eigenvalue weighted by Crippen LogP contribution is -2.27. The van der Waals surface area contributed by atoms with Crippen LogP contribution in [0.5, 0.6) is 5.88 Å². The molecule has 0 amide bonds. The second kappa shape index (κ2) is 5.14. The van der Waals surface area contributed by atoms with E-state index < -0.39 is 0 Å². The molecular formula is C12H21N3O. The van der Waals surface area contributed by atoms with E-state index in [4.69, 9.17) is 10.5 Å². The highest BCUT2D eigenvalue weighted by Crippen LogP contribution is 2.20. The smallest absolute Gasteiger partial charge is 0.219 e. The molecule has 1 heterocycles. The Morgan fingerprint density at radius 1 is 1.31 bits per heavy atom. The van der Waals surface area contributed by atoms with Gasteiger partial charge in [-0.15, -0.1) is 0 Å². The van der Waals surface area contributed by atoms with E-state index in [0.29, 0.717) is 11.7 Å². The molecule has 1 rings (SSSR count). The molecule has 0 spiro atoms. The lowest BCUT2D eigenvalue weighted by molar-refractivity contribution is 0.0986. The predicted molar refractivity (Wildman–Crippen MR) is 65.4 cm³/mol. The number of hydrogen-bond donors (Lipinski definition) is 1. The molecule has 0 aliphatic heterocycles. The fourth-order valence-electron chi connectivity index (χ4n) is 1.24. The zero-order valence-corrected chi connectivity index (χ0v) is 10.6. The van der Waals surface area contributed by atoms with Crippen LogP contribution in [-0.4, -0.2) is 15.6 Å². The van der Waals surface area contributed by atoms with Crippen molar-refractivity contribution in [2.45, 2.75) is 52.6 Å². The van der Waals surface area contributed by atoms with Crippen molar-refractivity contribution >= 4 is 5.82 Å². The first kappa shape index (κ1) is 12.7. The molecule has 0 saturated carbocycles. The highest BCUT2D eigenvalue weighted by Gasteiger charge is 2.18. The van der Waals surface area contributed by atoms with Gasteiger partial charge in [0.1, 0.15) is 17.2 Å². The largest absolute Gasteiger partial charge is 0.472 e. The molecule has 0 bridgehead atoms. The maximum Gasteiger partial charge on any atom is 0.219 e. The monoisotopic (exact) mass is 223 g/mol. The van der Waals surface area contributed by atoms with E-state index in [1.165, 1.54) is 0 Å². The van der Waals surface area contributed by atoms with Gasteiger partial charge < -0.3 is 10.5 Å². The van der Waals surface area contributed by atoms with E-state index in [2.05, 4.69) is 23.8 Å². The lowest BCUT2D eigenvalue weighted by atomic mass is 10.1. The Morgan fingerprint density at radius 2 is 2.00 bits per heavy atom. The van der Waals surface area contributed by atoms with E-state index in [1.54, 1.807) is 6.07 Å². The number of nitrogen functional groups attached to an aromatic ring is 1. The van der Waals surface area contributed by atoms with Gasteiger partial charge in [-0.3, -0.25) is 0 Å². The van der Waals surface area contributed by atoms with Crippen LogP contribution in [0.4, 0.5) is 5.82 Å². The fourth-order valence-corrected chi connectivity index (χ4v) is 1.24. The molecule has 2 N–H and O–H groups in total. The summed E-state index contributed by atoms with van der Waals surface area (Å²) in [6, 6.07) is 1.68. The van der Waals surface area contributed by atoms with Crippen LogP contribution in [0.1, 0.15) is 46.4 Å². The van der Waals surface area contributed by atoms with Crippen molar-refractivity contribution in [1.29, 1.82) is 0 Å². The zero-order valence-electron chi connectivity index (χ0n) is 10.6.